The number of nitrogens with zero attached hydrogens (tertiary/aromatic N) is 2. The Kier molecular flexibility index (Phi) is 7.26. The van der Waals surface area contributed by atoms with Crippen molar-refractivity contribution in [2.24, 2.45) is 5.41 Å². The summed E-state index contributed by atoms with van der Waals surface area (Å²) in [5.41, 5.74) is 3.11. The van der Waals surface area contributed by atoms with Gasteiger partial charge in [-0.3, -0.25) is 9.59 Å². The molecule has 1 atom stereocenters. The van der Waals surface area contributed by atoms with Gasteiger partial charge in [-0.25, -0.2) is 0 Å². The molecule has 33 heavy (non-hydrogen) atoms. The molecule has 3 aromatic rings. The third-order valence-electron chi connectivity index (χ3n) is 5.56. The highest BCUT2D eigenvalue weighted by molar-refractivity contribution is 6.02. The molecular weight excluding hydrogens is 414 g/mol. The molecule has 0 saturated carbocycles. The highest BCUT2D eigenvalue weighted by Crippen LogP contribution is 2.32. The van der Waals surface area contributed by atoms with E-state index in [1.807, 2.05) is 93.2 Å². The van der Waals surface area contributed by atoms with Crippen molar-refractivity contribution in [3.05, 3.63) is 83.8 Å². The van der Waals surface area contributed by atoms with Gasteiger partial charge in [0.1, 0.15) is 0 Å². The van der Waals surface area contributed by atoms with Gasteiger partial charge in [0.05, 0.1) is 12.3 Å². The number of hydrogen-bond donors (Lipinski definition) is 1. The standard InChI is InChI=1S/C27H33N3O3/c1-19(20-11-8-7-9-12-20)30(26(32)27(2,3)4)18-21-17-22(14-15-23(21)29(5)6)28-25(31)24-13-10-16-33-24/h7-17,19H,18H2,1-6H3,(H,28,31)/t19-/m0/s1. The van der Waals surface area contributed by atoms with E-state index in [9.17, 15) is 9.59 Å². The second-order valence-electron chi connectivity index (χ2n) is 9.44. The van der Waals surface area contributed by atoms with Crippen LogP contribution in [0, 0.1) is 5.41 Å². The quantitative estimate of drug-likeness (QED) is 0.502. The van der Waals surface area contributed by atoms with Gasteiger partial charge in [-0.1, -0.05) is 51.1 Å². The molecule has 6 nitrogen and oxygen atoms in total. The molecule has 3 rings (SSSR count). The van der Waals surface area contributed by atoms with Crippen LogP contribution in [0.25, 0.3) is 0 Å². The maximum Gasteiger partial charge on any atom is 0.291 e. The fourth-order valence-corrected chi connectivity index (χ4v) is 3.74. The molecule has 2 amide bonds. The van der Waals surface area contributed by atoms with Gasteiger partial charge in [-0.2, -0.15) is 0 Å². The fourth-order valence-electron chi connectivity index (χ4n) is 3.74. The van der Waals surface area contributed by atoms with Crippen molar-refractivity contribution < 1.29 is 14.0 Å². The number of benzene rings is 2. The van der Waals surface area contributed by atoms with E-state index in [0.29, 0.717) is 12.2 Å². The SMILES string of the molecule is C[C@@H](c1ccccc1)N(Cc1cc(NC(=O)c2ccco2)ccc1N(C)C)C(=O)C(C)(C)C. The summed E-state index contributed by atoms with van der Waals surface area (Å²) in [6, 6.07) is 19.0. The van der Waals surface area contributed by atoms with Crippen molar-refractivity contribution in [2.75, 3.05) is 24.3 Å². The summed E-state index contributed by atoms with van der Waals surface area (Å²) in [6.45, 7) is 8.27. The smallest absolute Gasteiger partial charge is 0.291 e. The molecule has 1 N–H and O–H groups in total. The van der Waals surface area contributed by atoms with Crippen LogP contribution in [0.2, 0.25) is 0 Å². The van der Waals surface area contributed by atoms with Crippen molar-refractivity contribution >= 4 is 23.2 Å². The Labute approximate surface area is 196 Å². The summed E-state index contributed by atoms with van der Waals surface area (Å²) in [5, 5.41) is 2.89. The Bertz CT molecular complexity index is 1080. The summed E-state index contributed by atoms with van der Waals surface area (Å²) < 4.78 is 5.20. The zero-order chi connectivity index (χ0) is 24.2. The highest BCUT2D eigenvalue weighted by Gasteiger charge is 2.31. The van der Waals surface area contributed by atoms with E-state index in [2.05, 4.69) is 12.2 Å². The molecule has 6 heteroatoms. The Balaban J connectivity index is 1.97. The van der Waals surface area contributed by atoms with Gasteiger partial charge in [0, 0.05) is 37.4 Å². The number of amides is 2. The van der Waals surface area contributed by atoms with E-state index in [0.717, 1.165) is 16.8 Å². The largest absolute Gasteiger partial charge is 0.459 e. The summed E-state index contributed by atoms with van der Waals surface area (Å²) in [4.78, 5) is 29.9. The average Bonchev–Trinajstić information content (AvgIpc) is 3.31. The zero-order valence-corrected chi connectivity index (χ0v) is 20.3. The van der Waals surface area contributed by atoms with Crippen molar-refractivity contribution in [1.82, 2.24) is 4.90 Å². The number of carbonyl (C=O) groups excluding carboxylic acids is 2. The number of nitrogens with one attached hydrogen (secondary N) is 1. The van der Waals surface area contributed by atoms with Crippen LogP contribution in [0.5, 0.6) is 0 Å². The second-order valence-corrected chi connectivity index (χ2v) is 9.44. The van der Waals surface area contributed by atoms with Gasteiger partial charge in [-0.15, -0.1) is 0 Å². The third-order valence-corrected chi connectivity index (χ3v) is 5.56. The van der Waals surface area contributed by atoms with E-state index < -0.39 is 5.41 Å². The fraction of sp³-hybridized carbons (Fsp3) is 0.333. The van der Waals surface area contributed by atoms with E-state index in [-0.39, 0.29) is 23.6 Å². The number of hydrogen-bond acceptors (Lipinski definition) is 4. The lowest BCUT2D eigenvalue weighted by molar-refractivity contribution is -0.142. The minimum absolute atomic E-state index is 0.0635. The first-order valence-electron chi connectivity index (χ1n) is 11.1. The molecule has 1 heterocycles. The first-order valence-corrected chi connectivity index (χ1v) is 11.1. The van der Waals surface area contributed by atoms with Gasteiger partial charge in [0.25, 0.3) is 5.91 Å². The van der Waals surface area contributed by atoms with E-state index in [4.69, 9.17) is 4.42 Å². The van der Waals surface area contributed by atoms with Crippen molar-refractivity contribution in [3.8, 4) is 0 Å². The summed E-state index contributed by atoms with van der Waals surface area (Å²) in [5.74, 6) is -0.00659. The first-order chi connectivity index (χ1) is 15.6. The van der Waals surface area contributed by atoms with Crippen LogP contribution in [-0.2, 0) is 11.3 Å². The third kappa shape index (κ3) is 5.83. The van der Waals surface area contributed by atoms with Crippen LogP contribution in [-0.4, -0.2) is 30.8 Å². The topological polar surface area (TPSA) is 65.8 Å². The van der Waals surface area contributed by atoms with Crippen LogP contribution >= 0.6 is 0 Å². The lowest BCUT2D eigenvalue weighted by Crippen LogP contribution is -2.40. The van der Waals surface area contributed by atoms with E-state index in [1.165, 1.54) is 6.26 Å². The van der Waals surface area contributed by atoms with Crippen LogP contribution in [0.3, 0.4) is 0 Å². The second kappa shape index (κ2) is 9.94. The molecule has 0 aliphatic carbocycles. The summed E-state index contributed by atoms with van der Waals surface area (Å²) in [7, 11) is 3.94. The summed E-state index contributed by atoms with van der Waals surface area (Å²) >= 11 is 0. The number of carbonyl (C=O) groups is 2. The number of furan rings is 1. The van der Waals surface area contributed by atoms with E-state index >= 15 is 0 Å². The molecule has 0 aliphatic heterocycles. The average molecular weight is 448 g/mol. The Morgan fingerprint density at radius 3 is 2.27 bits per heavy atom. The minimum atomic E-state index is -0.535. The Hall–Kier alpha value is -3.54. The van der Waals surface area contributed by atoms with Gasteiger partial charge in [-0.05, 0) is 48.4 Å². The maximum atomic E-state index is 13.5. The lowest BCUT2D eigenvalue weighted by atomic mass is 9.92. The van der Waals surface area contributed by atoms with Crippen LogP contribution < -0.4 is 10.2 Å². The van der Waals surface area contributed by atoms with Crippen LogP contribution in [0.1, 0.15) is 55.4 Å². The predicted octanol–water partition coefficient (Wildman–Crippen LogP) is 5.73. The molecule has 1 aromatic heterocycles. The molecule has 0 fully saturated rings. The molecule has 2 aromatic carbocycles. The maximum absolute atomic E-state index is 13.5. The molecule has 0 saturated heterocycles. The molecule has 0 aliphatic rings. The molecule has 0 spiro atoms. The van der Waals surface area contributed by atoms with Crippen LogP contribution in [0.4, 0.5) is 11.4 Å². The van der Waals surface area contributed by atoms with Gasteiger partial charge >= 0.3 is 0 Å². The molecule has 0 unspecified atom stereocenters. The number of anilines is 2. The van der Waals surface area contributed by atoms with Crippen molar-refractivity contribution in [2.45, 2.75) is 40.3 Å². The normalized spacial score (nSPS) is 12.2. The predicted molar refractivity (Wildman–Crippen MR) is 132 cm³/mol. The summed E-state index contributed by atoms with van der Waals surface area (Å²) in [6.07, 6.45) is 1.47. The minimum Gasteiger partial charge on any atom is -0.459 e. The molecule has 174 valence electrons. The van der Waals surface area contributed by atoms with Gasteiger partial charge < -0.3 is 19.5 Å². The van der Waals surface area contributed by atoms with Gasteiger partial charge in [0.2, 0.25) is 5.91 Å². The number of rotatable bonds is 7. The molecule has 0 radical (unpaired) electrons. The van der Waals surface area contributed by atoms with Crippen molar-refractivity contribution in [1.29, 1.82) is 0 Å². The van der Waals surface area contributed by atoms with Crippen LogP contribution in [0.15, 0.2) is 71.3 Å². The lowest BCUT2D eigenvalue weighted by Gasteiger charge is -2.35. The van der Waals surface area contributed by atoms with Gasteiger partial charge in [0.15, 0.2) is 5.76 Å². The zero-order valence-electron chi connectivity index (χ0n) is 20.3. The Morgan fingerprint density at radius 1 is 1.00 bits per heavy atom. The first kappa shape index (κ1) is 24.1. The highest BCUT2D eigenvalue weighted by atomic mass is 16.3. The monoisotopic (exact) mass is 447 g/mol. The Morgan fingerprint density at radius 2 is 1.70 bits per heavy atom. The van der Waals surface area contributed by atoms with Crippen molar-refractivity contribution in [3.63, 3.8) is 0 Å². The molecule has 0 bridgehead atoms. The van der Waals surface area contributed by atoms with E-state index in [1.54, 1.807) is 12.1 Å². The molecular formula is C27H33N3O3.